The Balaban J connectivity index is 1.91. The number of carbonyl (C=O) groups excluding carboxylic acids is 1. The topological polar surface area (TPSA) is 43.3 Å². The third-order valence-electron chi connectivity index (χ3n) is 3.14. The Morgan fingerprint density at radius 2 is 1.95 bits per heavy atom. The van der Waals surface area contributed by atoms with E-state index in [0.29, 0.717) is 5.56 Å². The van der Waals surface area contributed by atoms with Crippen LogP contribution in [-0.2, 0) is 17.8 Å². The Kier molecular flexibility index (Phi) is 5.04. The minimum atomic E-state index is -0.281. The van der Waals surface area contributed by atoms with Crippen molar-refractivity contribution in [1.29, 1.82) is 0 Å². The van der Waals surface area contributed by atoms with Crippen LogP contribution in [0.4, 0.5) is 5.69 Å². The van der Waals surface area contributed by atoms with Gasteiger partial charge in [0, 0.05) is 31.2 Å². The Labute approximate surface area is 125 Å². The molecule has 0 spiro atoms. The van der Waals surface area contributed by atoms with Gasteiger partial charge in [0.15, 0.2) is 0 Å². The third kappa shape index (κ3) is 4.38. The van der Waals surface area contributed by atoms with Gasteiger partial charge in [0.2, 0.25) is 0 Å². The quantitative estimate of drug-likeness (QED) is 0.824. The van der Waals surface area contributed by atoms with Crippen molar-refractivity contribution < 1.29 is 9.53 Å². The lowest BCUT2D eigenvalue weighted by molar-refractivity contribution is 0.0378. The molecule has 0 bridgehead atoms. The van der Waals surface area contributed by atoms with Crippen LogP contribution < -0.4 is 5.32 Å². The van der Waals surface area contributed by atoms with E-state index in [0.717, 1.165) is 18.8 Å². The van der Waals surface area contributed by atoms with Crippen molar-refractivity contribution >= 4 is 11.7 Å². The Bertz CT molecular complexity index is 585. The van der Waals surface area contributed by atoms with Crippen molar-refractivity contribution in [3.63, 3.8) is 0 Å². The molecule has 0 fully saturated rings. The van der Waals surface area contributed by atoms with Gasteiger partial charge in [-0.15, -0.1) is 0 Å². The van der Waals surface area contributed by atoms with Crippen molar-refractivity contribution in [3.05, 3.63) is 53.9 Å². The molecule has 0 saturated carbocycles. The van der Waals surface area contributed by atoms with E-state index in [1.54, 1.807) is 12.1 Å². The number of nitrogens with one attached hydrogen (secondary N) is 1. The van der Waals surface area contributed by atoms with Crippen LogP contribution in [0.25, 0.3) is 0 Å². The maximum atomic E-state index is 11.7. The van der Waals surface area contributed by atoms with Crippen LogP contribution in [0.5, 0.6) is 0 Å². The van der Waals surface area contributed by atoms with Crippen molar-refractivity contribution in [1.82, 2.24) is 4.57 Å². The molecule has 21 heavy (non-hydrogen) atoms. The highest BCUT2D eigenvalue weighted by Crippen LogP contribution is 2.13. The van der Waals surface area contributed by atoms with E-state index in [4.69, 9.17) is 4.74 Å². The van der Waals surface area contributed by atoms with E-state index in [-0.39, 0.29) is 12.1 Å². The highest BCUT2D eigenvalue weighted by Gasteiger charge is 2.08. The number of aryl methyl sites for hydroxylation is 1. The first-order chi connectivity index (χ1) is 10.1. The highest BCUT2D eigenvalue weighted by molar-refractivity contribution is 5.89. The van der Waals surface area contributed by atoms with Gasteiger partial charge < -0.3 is 14.6 Å². The van der Waals surface area contributed by atoms with Gasteiger partial charge >= 0.3 is 5.97 Å². The summed E-state index contributed by atoms with van der Waals surface area (Å²) in [4.78, 5) is 11.7. The van der Waals surface area contributed by atoms with E-state index in [9.17, 15) is 4.79 Å². The predicted octanol–water partition coefficient (Wildman–Crippen LogP) is 3.69. The van der Waals surface area contributed by atoms with Crippen LogP contribution in [0.1, 0.15) is 36.7 Å². The minimum Gasteiger partial charge on any atom is -0.459 e. The fraction of sp³-hybridized carbons (Fsp3) is 0.353. The number of aromatic nitrogens is 1. The Morgan fingerprint density at radius 3 is 2.52 bits per heavy atom. The van der Waals surface area contributed by atoms with Crippen LogP contribution >= 0.6 is 0 Å². The van der Waals surface area contributed by atoms with E-state index in [1.807, 2.05) is 26.0 Å². The van der Waals surface area contributed by atoms with Gasteiger partial charge in [-0.1, -0.05) is 0 Å². The molecule has 1 aromatic carbocycles. The number of benzene rings is 1. The smallest absolute Gasteiger partial charge is 0.338 e. The standard InChI is InChI=1S/C17H22N2O2/c1-4-19-10-9-14(12-19)11-18-16-7-5-15(6-8-16)17(20)21-13(2)3/h5-10,12-13,18H,4,11H2,1-3H3. The van der Waals surface area contributed by atoms with Gasteiger partial charge in [0.1, 0.15) is 0 Å². The summed E-state index contributed by atoms with van der Waals surface area (Å²) in [5, 5.41) is 3.34. The molecule has 1 aromatic heterocycles. The maximum absolute atomic E-state index is 11.7. The number of rotatable bonds is 6. The summed E-state index contributed by atoms with van der Waals surface area (Å²) in [6, 6.07) is 9.46. The highest BCUT2D eigenvalue weighted by atomic mass is 16.5. The average Bonchev–Trinajstić information content (AvgIpc) is 2.93. The summed E-state index contributed by atoms with van der Waals surface area (Å²) >= 11 is 0. The largest absolute Gasteiger partial charge is 0.459 e. The molecule has 2 rings (SSSR count). The summed E-state index contributed by atoms with van der Waals surface area (Å²) < 4.78 is 7.30. The normalized spacial score (nSPS) is 10.7. The number of ether oxygens (including phenoxy) is 1. The second kappa shape index (κ2) is 6.97. The maximum Gasteiger partial charge on any atom is 0.338 e. The second-order valence-electron chi connectivity index (χ2n) is 5.24. The molecule has 1 heterocycles. The summed E-state index contributed by atoms with van der Waals surface area (Å²) in [6.45, 7) is 7.55. The molecule has 112 valence electrons. The summed E-state index contributed by atoms with van der Waals surface area (Å²) in [7, 11) is 0. The third-order valence-corrected chi connectivity index (χ3v) is 3.14. The van der Waals surface area contributed by atoms with E-state index in [2.05, 4.69) is 35.3 Å². The van der Waals surface area contributed by atoms with Crippen LogP contribution in [0, 0.1) is 0 Å². The molecule has 0 radical (unpaired) electrons. The molecular formula is C17H22N2O2. The zero-order valence-corrected chi connectivity index (χ0v) is 12.8. The van der Waals surface area contributed by atoms with Gasteiger partial charge in [-0.25, -0.2) is 4.79 Å². The van der Waals surface area contributed by atoms with Gasteiger partial charge in [-0.05, 0) is 56.7 Å². The SMILES string of the molecule is CCn1ccc(CNc2ccc(C(=O)OC(C)C)cc2)c1. The van der Waals surface area contributed by atoms with Crippen LogP contribution in [0.3, 0.4) is 0 Å². The van der Waals surface area contributed by atoms with E-state index >= 15 is 0 Å². The van der Waals surface area contributed by atoms with E-state index in [1.165, 1.54) is 5.56 Å². The summed E-state index contributed by atoms with van der Waals surface area (Å²) in [6.07, 6.45) is 4.10. The molecule has 0 aliphatic rings. The van der Waals surface area contributed by atoms with Gasteiger partial charge in [0.05, 0.1) is 11.7 Å². The fourth-order valence-electron chi connectivity index (χ4n) is 2.00. The summed E-state index contributed by atoms with van der Waals surface area (Å²) in [5.74, 6) is -0.281. The predicted molar refractivity (Wildman–Crippen MR) is 84.4 cm³/mol. The molecule has 0 saturated heterocycles. The van der Waals surface area contributed by atoms with Crippen LogP contribution in [0.15, 0.2) is 42.7 Å². The van der Waals surface area contributed by atoms with Gasteiger partial charge in [0.25, 0.3) is 0 Å². The number of anilines is 1. The van der Waals surface area contributed by atoms with Crippen molar-refractivity contribution in [2.75, 3.05) is 5.32 Å². The second-order valence-corrected chi connectivity index (χ2v) is 5.24. The zero-order chi connectivity index (χ0) is 15.2. The van der Waals surface area contributed by atoms with Crippen LogP contribution in [-0.4, -0.2) is 16.6 Å². The lowest BCUT2D eigenvalue weighted by Gasteiger charge is -2.09. The number of hydrogen-bond acceptors (Lipinski definition) is 3. The molecule has 1 N–H and O–H groups in total. The zero-order valence-electron chi connectivity index (χ0n) is 12.8. The van der Waals surface area contributed by atoms with Crippen LogP contribution in [0.2, 0.25) is 0 Å². The molecule has 0 aliphatic carbocycles. The van der Waals surface area contributed by atoms with Gasteiger partial charge in [-0.3, -0.25) is 0 Å². The molecule has 0 amide bonds. The van der Waals surface area contributed by atoms with Gasteiger partial charge in [-0.2, -0.15) is 0 Å². The number of nitrogens with zero attached hydrogens (tertiary/aromatic N) is 1. The fourth-order valence-corrected chi connectivity index (χ4v) is 2.00. The van der Waals surface area contributed by atoms with E-state index < -0.39 is 0 Å². The molecular weight excluding hydrogens is 264 g/mol. The molecule has 0 atom stereocenters. The molecule has 2 aromatic rings. The number of hydrogen-bond donors (Lipinski definition) is 1. The summed E-state index contributed by atoms with van der Waals surface area (Å²) in [5.41, 5.74) is 2.80. The lowest BCUT2D eigenvalue weighted by Crippen LogP contribution is -2.11. The first-order valence-electron chi connectivity index (χ1n) is 7.28. The van der Waals surface area contributed by atoms with Crippen molar-refractivity contribution in [2.24, 2.45) is 0 Å². The molecule has 4 nitrogen and oxygen atoms in total. The Morgan fingerprint density at radius 1 is 1.24 bits per heavy atom. The van der Waals surface area contributed by atoms with Crippen molar-refractivity contribution in [2.45, 2.75) is 40.0 Å². The molecule has 0 aliphatic heterocycles. The monoisotopic (exact) mass is 286 g/mol. The first-order valence-corrected chi connectivity index (χ1v) is 7.28. The lowest BCUT2D eigenvalue weighted by atomic mass is 10.2. The number of carbonyl (C=O) groups is 1. The van der Waals surface area contributed by atoms with Crippen molar-refractivity contribution in [3.8, 4) is 0 Å². The Hall–Kier alpha value is -2.23. The average molecular weight is 286 g/mol. The minimum absolute atomic E-state index is 0.0992. The molecule has 0 unspecified atom stereocenters. The first kappa shape index (κ1) is 15.2. The number of esters is 1. The molecule has 4 heteroatoms.